The average Bonchev–Trinajstić information content (AvgIpc) is 2.74. The molecule has 3 rings (SSSR count). The fourth-order valence-corrected chi connectivity index (χ4v) is 3.85. The van der Waals surface area contributed by atoms with Gasteiger partial charge in [-0.2, -0.15) is 4.39 Å². The van der Waals surface area contributed by atoms with Crippen LogP contribution >= 0.6 is 0 Å². The van der Waals surface area contributed by atoms with Crippen molar-refractivity contribution in [3.63, 3.8) is 0 Å². The highest BCUT2D eigenvalue weighted by molar-refractivity contribution is 5.46. The number of unbranched alkanes of at least 4 members (excludes halogenated alkanes) is 2. The Hall–Kier alpha value is -2.34. The molecular formula is C26H30F2O. The van der Waals surface area contributed by atoms with Gasteiger partial charge in [0.25, 0.3) is 0 Å². The topological polar surface area (TPSA) is 9.23 Å². The fraction of sp³-hybridized carbons (Fsp3) is 0.462. The summed E-state index contributed by atoms with van der Waals surface area (Å²) >= 11 is 0. The van der Waals surface area contributed by atoms with Crippen LogP contribution in [0.15, 0.2) is 36.4 Å². The molecule has 1 nitrogen and oxygen atoms in total. The molecule has 0 amide bonds. The van der Waals surface area contributed by atoms with Gasteiger partial charge in [0.1, 0.15) is 0 Å². The Balaban J connectivity index is 1.65. The van der Waals surface area contributed by atoms with Crippen LogP contribution in [0.2, 0.25) is 0 Å². The highest BCUT2D eigenvalue weighted by Crippen LogP contribution is 2.35. The van der Waals surface area contributed by atoms with Gasteiger partial charge in [-0.25, -0.2) is 4.39 Å². The maximum atomic E-state index is 14.3. The van der Waals surface area contributed by atoms with Gasteiger partial charge in [-0.05, 0) is 60.9 Å². The zero-order valence-corrected chi connectivity index (χ0v) is 17.4. The summed E-state index contributed by atoms with van der Waals surface area (Å²) in [7, 11) is 0. The summed E-state index contributed by atoms with van der Waals surface area (Å²) in [6.07, 6.45) is 7.94. The highest BCUT2D eigenvalue weighted by atomic mass is 19.2. The minimum absolute atomic E-state index is 0.0460. The molecule has 2 aromatic rings. The van der Waals surface area contributed by atoms with Crippen LogP contribution in [0.25, 0.3) is 0 Å². The molecule has 0 bridgehead atoms. The second-order valence-corrected chi connectivity index (χ2v) is 8.12. The lowest BCUT2D eigenvalue weighted by Gasteiger charge is -2.26. The third-order valence-electron chi connectivity index (χ3n) is 5.79. The molecule has 29 heavy (non-hydrogen) atoms. The van der Waals surface area contributed by atoms with E-state index in [4.69, 9.17) is 4.74 Å². The smallest absolute Gasteiger partial charge is 0.201 e. The van der Waals surface area contributed by atoms with E-state index in [1.165, 1.54) is 43.4 Å². The number of halogens is 2. The molecule has 0 heterocycles. The van der Waals surface area contributed by atoms with Gasteiger partial charge in [-0.3, -0.25) is 0 Å². The van der Waals surface area contributed by atoms with Crippen molar-refractivity contribution in [3.8, 4) is 17.6 Å². The minimum Gasteiger partial charge on any atom is -0.490 e. The van der Waals surface area contributed by atoms with E-state index in [1.54, 1.807) is 0 Å². The van der Waals surface area contributed by atoms with Crippen molar-refractivity contribution in [1.29, 1.82) is 0 Å². The normalized spacial score (nSPS) is 18.8. The van der Waals surface area contributed by atoms with Crippen molar-refractivity contribution in [1.82, 2.24) is 0 Å². The van der Waals surface area contributed by atoms with Gasteiger partial charge in [0.15, 0.2) is 11.6 Å². The first-order chi connectivity index (χ1) is 14.1. The minimum atomic E-state index is -0.963. The Labute approximate surface area is 173 Å². The van der Waals surface area contributed by atoms with E-state index < -0.39 is 11.6 Å². The lowest BCUT2D eigenvalue weighted by molar-refractivity contribution is 0.286. The summed E-state index contributed by atoms with van der Waals surface area (Å²) in [5, 5.41) is 0. The van der Waals surface area contributed by atoms with Gasteiger partial charge in [0.2, 0.25) is 5.82 Å². The van der Waals surface area contributed by atoms with Crippen LogP contribution < -0.4 is 4.74 Å². The maximum absolute atomic E-state index is 14.3. The molecule has 0 unspecified atom stereocenters. The average molecular weight is 397 g/mol. The van der Waals surface area contributed by atoms with Crippen molar-refractivity contribution < 1.29 is 13.5 Å². The molecule has 0 aliphatic heterocycles. The number of hydrogen-bond acceptors (Lipinski definition) is 1. The third kappa shape index (κ3) is 5.82. The van der Waals surface area contributed by atoms with Crippen LogP contribution in [0.5, 0.6) is 5.75 Å². The molecule has 0 N–H and O–H groups in total. The monoisotopic (exact) mass is 396 g/mol. The maximum Gasteiger partial charge on any atom is 0.201 e. The summed E-state index contributed by atoms with van der Waals surface area (Å²) in [4.78, 5) is 0. The molecule has 0 atom stereocenters. The first-order valence-electron chi connectivity index (χ1n) is 10.8. The lowest BCUT2D eigenvalue weighted by Crippen LogP contribution is -2.10. The first kappa shape index (κ1) is 21.4. The van der Waals surface area contributed by atoms with Crippen LogP contribution in [-0.2, 0) is 0 Å². The second kappa shape index (κ2) is 10.4. The molecule has 2 aromatic carbocycles. The zero-order chi connectivity index (χ0) is 20.6. The van der Waals surface area contributed by atoms with E-state index in [9.17, 15) is 8.78 Å². The largest absolute Gasteiger partial charge is 0.490 e. The Morgan fingerprint density at radius 3 is 2.31 bits per heavy atom. The Morgan fingerprint density at radius 1 is 0.897 bits per heavy atom. The molecule has 154 valence electrons. The highest BCUT2D eigenvalue weighted by Gasteiger charge is 2.19. The summed E-state index contributed by atoms with van der Waals surface area (Å²) in [6.45, 7) is 4.79. The Morgan fingerprint density at radius 2 is 1.62 bits per heavy atom. The van der Waals surface area contributed by atoms with Gasteiger partial charge < -0.3 is 4.74 Å². The van der Waals surface area contributed by atoms with Gasteiger partial charge in [0, 0.05) is 5.56 Å². The van der Waals surface area contributed by atoms with E-state index in [0.717, 1.165) is 30.7 Å². The number of rotatable bonds is 6. The van der Waals surface area contributed by atoms with Crippen molar-refractivity contribution in [2.45, 2.75) is 64.7 Å². The molecule has 0 radical (unpaired) electrons. The molecule has 1 aliphatic rings. The standard InChI is InChI=1S/C26H30F2O/c1-3-4-5-18-29-24-17-16-23(25(27)26(24)28)15-10-20-8-13-22(14-9-20)21-11-6-19(2)7-12-21/h8-9,13-14,16-17,19,21H,3-7,11-12,18H2,1-2H3/t19-,21-. The lowest BCUT2D eigenvalue weighted by atomic mass is 9.79. The summed E-state index contributed by atoms with van der Waals surface area (Å²) in [6, 6.07) is 11.1. The summed E-state index contributed by atoms with van der Waals surface area (Å²) in [5.41, 5.74) is 2.20. The van der Waals surface area contributed by atoms with Gasteiger partial charge in [0.05, 0.1) is 12.2 Å². The van der Waals surface area contributed by atoms with Gasteiger partial charge >= 0.3 is 0 Å². The summed E-state index contributed by atoms with van der Waals surface area (Å²) in [5.74, 6) is 5.21. The molecule has 0 spiro atoms. The second-order valence-electron chi connectivity index (χ2n) is 8.12. The zero-order valence-electron chi connectivity index (χ0n) is 17.4. The van der Waals surface area contributed by atoms with E-state index in [0.29, 0.717) is 12.5 Å². The molecule has 1 saturated carbocycles. The first-order valence-corrected chi connectivity index (χ1v) is 10.8. The predicted octanol–water partition coefficient (Wildman–Crippen LogP) is 7.23. The molecule has 1 aliphatic carbocycles. The SMILES string of the molecule is CCCCCOc1ccc(C#Cc2ccc([C@H]3CC[C@H](C)CC3)cc2)c(F)c1F. The molecule has 0 aromatic heterocycles. The van der Waals surface area contributed by atoms with E-state index in [-0.39, 0.29) is 11.3 Å². The number of ether oxygens (including phenoxy) is 1. The quantitative estimate of drug-likeness (QED) is 0.370. The Bertz CT molecular complexity index is 853. The molecular weight excluding hydrogens is 366 g/mol. The molecule has 1 fully saturated rings. The van der Waals surface area contributed by atoms with Crippen molar-refractivity contribution in [2.24, 2.45) is 5.92 Å². The van der Waals surface area contributed by atoms with E-state index >= 15 is 0 Å². The van der Waals surface area contributed by atoms with Crippen LogP contribution in [-0.4, -0.2) is 6.61 Å². The Kier molecular flexibility index (Phi) is 7.69. The number of hydrogen-bond donors (Lipinski definition) is 0. The molecule has 3 heteroatoms. The van der Waals surface area contributed by atoms with Gasteiger partial charge in [-0.15, -0.1) is 0 Å². The van der Waals surface area contributed by atoms with E-state index in [1.807, 2.05) is 12.1 Å². The molecule has 0 saturated heterocycles. The van der Waals surface area contributed by atoms with Crippen LogP contribution in [0.4, 0.5) is 8.78 Å². The van der Waals surface area contributed by atoms with E-state index in [2.05, 4.69) is 37.8 Å². The van der Waals surface area contributed by atoms with Crippen LogP contribution in [0.1, 0.15) is 81.4 Å². The van der Waals surface area contributed by atoms with Crippen molar-refractivity contribution >= 4 is 0 Å². The summed E-state index contributed by atoms with van der Waals surface area (Å²) < 4.78 is 33.9. The predicted molar refractivity (Wildman–Crippen MR) is 114 cm³/mol. The van der Waals surface area contributed by atoms with Crippen molar-refractivity contribution in [3.05, 3.63) is 64.7 Å². The van der Waals surface area contributed by atoms with Crippen LogP contribution in [0, 0.1) is 29.4 Å². The number of benzene rings is 2. The third-order valence-corrected chi connectivity index (χ3v) is 5.79. The fourth-order valence-electron chi connectivity index (χ4n) is 3.85. The van der Waals surface area contributed by atoms with Crippen LogP contribution in [0.3, 0.4) is 0 Å². The van der Waals surface area contributed by atoms with Crippen molar-refractivity contribution in [2.75, 3.05) is 6.61 Å². The van der Waals surface area contributed by atoms with Gasteiger partial charge in [-0.1, -0.05) is 63.5 Å².